The lowest BCUT2D eigenvalue weighted by Gasteiger charge is -2.32. The fourth-order valence-electron chi connectivity index (χ4n) is 3.16. The van der Waals surface area contributed by atoms with Gasteiger partial charge in [-0.2, -0.15) is 0 Å². The van der Waals surface area contributed by atoms with Crippen LogP contribution in [0.1, 0.15) is 33.6 Å². The highest BCUT2D eigenvalue weighted by Crippen LogP contribution is 2.62. The summed E-state index contributed by atoms with van der Waals surface area (Å²) in [6.45, 7) is 6.47. The van der Waals surface area contributed by atoms with Crippen molar-refractivity contribution in [3.05, 3.63) is 0 Å². The molecule has 0 saturated heterocycles. The van der Waals surface area contributed by atoms with Gasteiger partial charge in [0, 0.05) is 5.41 Å². The van der Waals surface area contributed by atoms with E-state index in [1.54, 1.807) is 0 Å². The summed E-state index contributed by atoms with van der Waals surface area (Å²) in [5.41, 5.74) is 5.88. The first kappa shape index (κ1) is 11.0. The molecule has 0 aromatic rings. The number of carbonyl (C=O) groups excluding carboxylic acids is 1. The third-order valence-electron chi connectivity index (χ3n) is 4.58. The molecule has 0 aromatic heterocycles. The van der Waals surface area contributed by atoms with Gasteiger partial charge in [0.05, 0.1) is 6.04 Å². The Bertz CT molecular complexity index is 251. The molecule has 2 bridgehead atoms. The van der Waals surface area contributed by atoms with Gasteiger partial charge in [-0.15, -0.1) is 12.4 Å². The van der Waals surface area contributed by atoms with Crippen molar-refractivity contribution in [1.82, 2.24) is 0 Å². The second-order valence-corrected chi connectivity index (χ2v) is 5.09. The van der Waals surface area contributed by atoms with Crippen molar-refractivity contribution in [2.75, 3.05) is 0 Å². The monoisotopic (exact) mass is 203 g/mol. The van der Waals surface area contributed by atoms with Crippen molar-refractivity contribution in [1.29, 1.82) is 0 Å². The minimum Gasteiger partial charge on any atom is -0.321 e. The predicted molar refractivity (Wildman–Crippen MR) is 54.8 cm³/mol. The SMILES string of the molecule is CC1(C)C2CC[C@]1(C)C(=O)C2N.Cl. The van der Waals surface area contributed by atoms with Crippen LogP contribution in [0.2, 0.25) is 0 Å². The van der Waals surface area contributed by atoms with E-state index in [0.29, 0.717) is 11.7 Å². The number of carbonyl (C=O) groups is 1. The summed E-state index contributed by atoms with van der Waals surface area (Å²) in [6.07, 6.45) is 2.17. The molecular formula is C10H18ClNO. The minimum absolute atomic E-state index is 0. The van der Waals surface area contributed by atoms with Gasteiger partial charge in [-0.05, 0) is 24.2 Å². The smallest absolute Gasteiger partial charge is 0.156 e. The molecule has 0 heterocycles. The van der Waals surface area contributed by atoms with Crippen LogP contribution in [0.4, 0.5) is 0 Å². The second-order valence-electron chi connectivity index (χ2n) is 5.09. The lowest BCUT2D eigenvalue weighted by atomic mass is 9.70. The van der Waals surface area contributed by atoms with Gasteiger partial charge in [0.1, 0.15) is 0 Å². The van der Waals surface area contributed by atoms with E-state index in [4.69, 9.17) is 5.73 Å². The zero-order valence-electron chi connectivity index (χ0n) is 8.46. The van der Waals surface area contributed by atoms with Crippen LogP contribution < -0.4 is 5.73 Å². The third kappa shape index (κ3) is 0.962. The molecule has 3 atom stereocenters. The summed E-state index contributed by atoms with van der Waals surface area (Å²) in [4.78, 5) is 11.8. The number of nitrogens with two attached hydrogens (primary N) is 1. The van der Waals surface area contributed by atoms with Gasteiger partial charge in [-0.1, -0.05) is 20.8 Å². The molecule has 2 rings (SSSR count). The highest BCUT2D eigenvalue weighted by molar-refractivity contribution is 5.94. The van der Waals surface area contributed by atoms with E-state index in [9.17, 15) is 4.79 Å². The first-order chi connectivity index (χ1) is 5.41. The van der Waals surface area contributed by atoms with Crippen LogP contribution in [-0.2, 0) is 4.79 Å². The summed E-state index contributed by atoms with van der Waals surface area (Å²) in [5.74, 6) is 0.721. The summed E-state index contributed by atoms with van der Waals surface area (Å²) in [7, 11) is 0. The summed E-state index contributed by atoms with van der Waals surface area (Å²) in [6, 6.07) is -0.182. The molecule has 0 spiro atoms. The van der Waals surface area contributed by atoms with Crippen LogP contribution in [0, 0.1) is 16.7 Å². The number of rotatable bonds is 0. The lowest BCUT2D eigenvalue weighted by molar-refractivity contribution is -0.129. The molecule has 2 N–H and O–H groups in total. The molecule has 13 heavy (non-hydrogen) atoms. The number of ketones is 1. The topological polar surface area (TPSA) is 43.1 Å². The van der Waals surface area contributed by atoms with Gasteiger partial charge in [0.2, 0.25) is 0 Å². The Morgan fingerprint density at radius 3 is 2.15 bits per heavy atom. The maximum atomic E-state index is 11.8. The lowest BCUT2D eigenvalue weighted by Crippen LogP contribution is -2.39. The first-order valence-corrected chi connectivity index (χ1v) is 4.71. The number of hydrogen-bond acceptors (Lipinski definition) is 2. The van der Waals surface area contributed by atoms with E-state index in [2.05, 4.69) is 20.8 Å². The zero-order valence-corrected chi connectivity index (χ0v) is 9.28. The van der Waals surface area contributed by atoms with E-state index in [0.717, 1.165) is 12.8 Å². The molecule has 3 heteroatoms. The highest BCUT2D eigenvalue weighted by Gasteiger charge is 2.65. The largest absolute Gasteiger partial charge is 0.321 e. The van der Waals surface area contributed by atoms with Crippen molar-refractivity contribution in [3.8, 4) is 0 Å². The fraction of sp³-hybridized carbons (Fsp3) is 0.900. The van der Waals surface area contributed by atoms with Crippen LogP contribution in [-0.4, -0.2) is 11.8 Å². The Kier molecular flexibility index (Phi) is 2.29. The van der Waals surface area contributed by atoms with Crippen LogP contribution in [0.5, 0.6) is 0 Å². The van der Waals surface area contributed by atoms with Gasteiger partial charge in [0.25, 0.3) is 0 Å². The van der Waals surface area contributed by atoms with E-state index in [-0.39, 0.29) is 29.3 Å². The first-order valence-electron chi connectivity index (χ1n) is 4.71. The van der Waals surface area contributed by atoms with E-state index in [1.807, 2.05) is 0 Å². The van der Waals surface area contributed by atoms with E-state index >= 15 is 0 Å². The van der Waals surface area contributed by atoms with Crippen LogP contribution in [0.15, 0.2) is 0 Å². The number of halogens is 1. The van der Waals surface area contributed by atoms with Crippen molar-refractivity contribution in [2.45, 2.75) is 39.7 Å². The van der Waals surface area contributed by atoms with E-state index in [1.165, 1.54) is 0 Å². The summed E-state index contributed by atoms with van der Waals surface area (Å²) < 4.78 is 0. The Labute approximate surface area is 85.7 Å². The Balaban J connectivity index is 0.000000845. The van der Waals surface area contributed by atoms with Gasteiger partial charge in [0.15, 0.2) is 5.78 Å². The van der Waals surface area contributed by atoms with Crippen LogP contribution in [0.25, 0.3) is 0 Å². The molecule has 2 fully saturated rings. The molecule has 76 valence electrons. The maximum Gasteiger partial charge on any atom is 0.156 e. The molecule has 2 unspecified atom stereocenters. The van der Waals surface area contributed by atoms with Gasteiger partial charge >= 0.3 is 0 Å². The van der Waals surface area contributed by atoms with Crippen LogP contribution in [0.3, 0.4) is 0 Å². The Morgan fingerprint density at radius 2 is 1.92 bits per heavy atom. The van der Waals surface area contributed by atoms with Crippen molar-refractivity contribution < 1.29 is 4.79 Å². The molecule has 0 amide bonds. The molecule has 0 aliphatic heterocycles. The van der Waals surface area contributed by atoms with Crippen molar-refractivity contribution >= 4 is 18.2 Å². The molecule has 0 aromatic carbocycles. The van der Waals surface area contributed by atoms with Gasteiger partial charge < -0.3 is 5.73 Å². The number of fused-ring (bicyclic) bond motifs is 2. The number of Topliss-reactive ketones (excluding diaryl/α,β-unsaturated/α-hetero) is 1. The summed E-state index contributed by atoms with van der Waals surface area (Å²) in [5, 5.41) is 0. The zero-order chi connectivity index (χ0) is 9.15. The predicted octanol–water partition coefficient (Wildman–Crippen LogP) is 1.76. The standard InChI is InChI=1S/C10H17NO.ClH/c1-9(2)6-4-5-10(9,3)8(12)7(6)11;/h6-7H,4-5,11H2,1-3H3;1H/t6?,7?,10-;/m1./s1. The average molecular weight is 204 g/mol. The molecular weight excluding hydrogens is 186 g/mol. The van der Waals surface area contributed by atoms with Crippen molar-refractivity contribution in [3.63, 3.8) is 0 Å². The number of hydrogen-bond donors (Lipinski definition) is 1. The molecule has 2 aliphatic carbocycles. The average Bonchev–Trinajstić information content (AvgIpc) is 2.26. The maximum absolute atomic E-state index is 11.8. The van der Waals surface area contributed by atoms with E-state index < -0.39 is 0 Å². The normalized spacial score (nSPS) is 46.3. The Morgan fingerprint density at radius 1 is 1.38 bits per heavy atom. The minimum atomic E-state index is -0.182. The quantitative estimate of drug-likeness (QED) is 0.652. The van der Waals surface area contributed by atoms with Crippen molar-refractivity contribution in [2.24, 2.45) is 22.5 Å². The van der Waals surface area contributed by atoms with Gasteiger partial charge in [-0.25, -0.2) is 0 Å². The fourth-order valence-corrected chi connectivity index (χ4v) is 3.16. The summed E-state index contributed by atoms with van der Waals surface area (Å²) >= 11 is 0. The molecule has 0 radical (unpaired) electrons. The third-order valence-corrected chi connectivity index (χ3v) is 4.58. The van der Waals surface area contributed by atoms with Gasteiger partial charge in [-0.3, -0.25) is 4.79 Å². The molecule has 2 saturated carbocycles. The highest BCUT2D eigenvalue weighted by atomic mass is 35.5. The second kappa shape index (κ2) is 2.71. The van der Waals surface area contributed by atoms with Crippen LogP contribution >= 0.6 is 12.4 Å². The Hall–Kier alpha value is -0.0800. The molecule has 2 nitrogen and oxygen atoms in total. The molecule has 2 aliphatic rings.